The largest absolute Gasteiger partial charge is 0.389 e. The van der Waals surface area contributed by atoms with Crippen LogP contribution >= 0.6 is 0 Å². The summed E-state index contributed by atoms with van der Waals surface area (Å²) in [6.07, 6.45) is 1.42. The zero-order valence-electron chi connectivity index (χ0n) is 6.82. The molecule has 0 heterocycles. The van der Waals surface area contributed by atoms with Crippen LogP contribution in [0.4, 0.5) is 0 Å². The molecule has 0 aromatic carbocycles. The van der Waals surface area contributed by atoms with E-state index in [1.165, 1.54) is 0 Å². The van der Waals surface area contributed by atoms with Crippen molar-refractivity contribution in [2.45, 2.75) is 44.8 Å². The van der Waals surface area contributed by atoms with E-state index in [0.29, 0.717) is 6.42 Å². The van der Waals surface area contributed by atoms with Gasteiger partial charge in [0, 0.05) is 0 Å². The molecule has 0 saturated carbocycles. The zero-order chi connectivity index (χ0) is 8.69. The smallest absolute Gasteiger partial charge is 0.166 e. The Balaban J connectivity index is 3.37. The van der Waals surface area contributed by atoms with E-state index in [1.54, 1.807) is 6.07 Å². The van der Waals surface area contributed by atoms with E-state index in [-0.39, 0.29) is 0 Å². The molecule has 0 bridgehead atoms. The van der Waals surface area contributed by atoms with E-state index in [4.69, 9.17) is 15.5 Å². The number of nitriles is 1. The van der Waals surface area contributed by atoms with Crippen LogP contribution < -0.4 is 0 Å². The molecular formula is C8H15NO2. The first kappa shape index (κ1) is 10.4. The molecule has 0 aromatic heterocycles. The first-order valence-corrected chi connectivity index (χ1v) is 3.98. The summed E-state index contributed by atoms with van der Waals surface area (Å²) in [5, 5.41) is 26.1. The fraction of sp³-hybridized carbons (Fsp3) is 0.875. The normalized spacial score (nSPS) is 15.5. The Bertz CT molecular complexity index is 131. The lowest BCUT2D eigenvalue weighted by atomic mass is 10.1. The predicted octanol–water partition coefficient (Wildman–Crippen LogP) is 0.812. The maximum absolute atomic E-state index is 9.07. The van der Waals surface area contributed by atoms with Crippen molar-refractivity contribution in [2.75, 3.05) is 0 Å². The van der Waals surface area contributed by atoms with Gasteiger partial charge in [-0.1, -0.05) is 26.2 Å². The molecule has 0 amide bonds. The third kappa shape index (κ3) is 4.77. The van der Waals surface area contributed by atoms with Gasteiger partial charge < -0.3 is 10.2 Å². The van der Waals surface area contributed by atoms with Gasteiger partial charge in [-0.15, -0.1) is 0 Å². The van der Waals surface area contributed by atoms with Crippen molar-refractivity contribution in [1.29, 1.82) is 5.26 Å². The molecule has 0 aliphatic carbocycles. The van der Waals surface area contributed by atoms with Crippen molar-refractivity contribution in [2.24, 2.45) is 0 Å². The van der Waals surface area contributed by atoms with Gasteiger partial charge in [0.25, 0.3) is 0 Å². The molecule has 0 aliphatic rings. The fourth-order valence-electron chi connectivity index (χ4n) is 0.847. The second-order valence-electron chi connectivity index (χ2n) is 2.64. The number of aliphatic hydroxyl groups excluding tert-OH is 2. The molecular weight excluding hydrogens is 142 g/mol. The quantitative estimate of drug-likeness (QED) is 0.458. The van der Waals surface area contributed by atoms with Crippen LogP contribution in [0, 0.1) is 11.3 Å². The monoisotopic (exact) mass is 157 g/mol. The number of unbranched alkanes of at least 4 members (excludes halogenated alkanes) is 2. The molecule has 3 nitrogen and oxygen atoms in total. The van der Waals surface area contributed by atoms with Crippen LogP contribution in [-0.2, 0) is 0 Å². The summed E-state index contributed by atoms with van der Waals surface area (Å²) < 4.78 is 0. The van der Waals surface area contributed by atoms with Gasteiger partial charge in [-0.3, -0.25) is 0 Å². The van der Waals surface area contributed by atoms with Crippen molar-refractivity contribution in [3.05, 3.63) is 0 Å². The van der Waals surface area contributed by atoms with Gasteiger partial charge in [0.2, 0.25) is 0 Å². The Kier molecular flexibility index (Phi) is 5.81. The summed E-state index contributed by atoms with van der Waals surface area (Å²) in [6, 6.07) is 1.60. The van der Waals surface area contributed by atoms with Crippen LogP contribution in [0.25, 0.3) is 0 Å². The molecule has 0 unspecified atom stereocenters. The Morgan fingerprint density at radius 1 is 1.36 bits per heavy atom. The van der Waals surface area contributed by atoms with Crippen molar-refractivity contribution in [3.8, 4) is 6.07 Å². The second-order valence-corrected chi connectivity index (χ2v) is 2.64. The number of nitrogens with zero attached hydrogens (tertiary/aromatic N) is 1. The lowest BCUT2D eigenvalue weighted by Crippen LogP contribution is -2.23. The fourth-order valence-corrected chi connectivity index (χ4v) is 0.847. The van der Waals surface area contributed by atoms with Gasteiger partial charge in [-0.05, 0) is 6.42 Å². The lowest BCUT2D eigenvalue weighted by molar-refractivity contribution is 0.0458. The average Bonchev–Trinajstić information content (AvgIpc) is 2.03. The van der Waals surface area contributed by atoms with Crippen LogP contribution in [0.2, 0.25) is 0 Å². The van der Waals surface area contributed by atoms with Gasteiger partial charge in [-0.2, -0.15) is 5.26 Å². The Labute approximate surface area is 67.3 Å². The maximum atomic E-state index is 9.07. The first-order chi connectivity index (χ1) is 5.22. The summed E-state index contributed by atoms with van der Waals surface area (Å²) >= 11 is 0. The molecule has 0 saturated heterocycles. The topological polar surface area (TPSA) is 64.2 Å². The molecule has 0 rings (SSSR count). The number of rotatable bonds is 5. The van der Waals surface area contributed by atoms with Crippen molar-refractivity contribution >= 4 is 0 Å². The van der Waals surface area contributed by atoms with E-state index < -0.39 is 12.2 Å². The summed E-state index contributed by atoms with van der Waals surface area (Å²) in [7, 11) is 0. The molecule has 2 N–H and O–H groups in total. The van der Waals surface area contributed by atoms with Crippen LogP contribution in [0.1, 0.15) is 32.6 Å². The van der Waals surface area contributed by atoms with E-state index in [0.717, 1.165) is 19.3 Å². The molecule has 0 aliphatic heterocycles. The van der Waals surface area contributed by atoms with Gasteiger partial charge in [0.05, 0.1) is 12.2 Å². The molecule has 0 fully saturated rings. The van der Waals surface area contributed by atoms with Gasteiger partial charge in [0.15, 0.2) is 6.10 Å². The summed E-state index contributed by atoms with van der Waals surface area (Å²) in [6.45, 7) is 2.06. The lowest BCUT2D eigenvalue weighted by Gasteiger charge is -2.09. The highest BCUT2D eigenvalue weighted by Crippen LogP contribution is 2.05. The average molecular weight is 157 g/mol. The van der Waals surface area contributed by atoms with Gasteiger partial charge in [0.1, 0.15) is 0 Å². The van der Waals surface area contributed by atoms with Crippen molar-refractivity contribution < 1.29 is 10.2 Å². The minimum absolute atomic E-state index is 0.516. The standard InChI is InChI=1S/C8H15NO2/c1-2-3-4-5-7(10)8(11)6-9/h7-8,10-11H,2-5H2,1H3/t7-,8+/m1/s1. The summed E-state index contributed by atoms with van der Waals surface area (Å²) in [4.78, 5) is 0. The SMILES string of the molecule is CCCCC[C@@H](O)[C@@H](O)C#N. The third-order valence-corrected chi connectivity index (χ3v) is 1.60. The third-order valence-electron chi connectivity index (χ3n) is 1.60. The van der Waals surface area contributed by atoms with Crippen LogP contribution in [0.5, 0.6) is 0 Å². The number of aliphatic hydroxyl groups is 2. The van der Waals surface area contributed by atoms with Crippen molar-refractivity contribution in [3.63, 3.8) is 0 Å². The number of hydrogen-bond donors (Lipinski definition) is 2. The van der Waals surface area contributed by atoms with Crippen LogP contribution in [0.3, 0.4) is 0 Å². The molecule has 0 radical (unpaired) electrons. The molecule has 0 aromatic rings. The first-order valence-electron chi connectivity index (χ1n) is 3.98. The van der Waals surface area contributed by atoms with E-state index in [1.807, 2.05) is 0 Å². The van der Waals surface area contributed by atoms with Gasteiger partial charge in [-0.25, -0.2) is 0 Å². The minimum Gasteiger partial charge on any atom is -0.389 e. The molecule has 3 heteroatoms. The number of hydrogen-bond acceptors (Lipinski definition) is 3. The van der Waals surface area contributed by atoms with Gasteiger partial charge >= 0.3 is 0 Å². The molecule has 0 spiro atoms. The maximum Gasteiger partial charge on any atom is 0.166 e. The molecule has 64 valence electrons. The highest BCUT2D eigenvalue weighted by Gasteiger charge is 2.13. The molecule has 11 heavy (non-hydrogen) atoms. The van der Waals surface area contributed by atoms with E-state index in [9.17, 15) is 0 Å². The predicted molar refractivity (Wildman–Crippen MR) is 41.8 cm³/mol. The van der Waals surface area contributed by atoms with Crippen LogP contribution in [0.15, 0.2) is 0 Å². The van der Waals surface area contributed by atoms with Crippen LogP contribution in [-0.4, -0.2) is 22.4 Å². The second kappa shape index (κ2) is 6.14. The highest BCUT2D eigenvalue weighted by molar-refractivity contribution is 4.87. The highest BCUT2D eigenvalue weighted by atomic mass is 16.3. The van der Waals surface area contributed by atoms with E-state index in [2.05, 4.69) is 6.92 Å². The Morgan fingerprint density at radius 3 is 2.45 bits per heavy atom. The molecule has 2 atom stereocenters. The Hall–Kier alpha value is -0.590. The van der Waals surface area contributed by atoms with E-state index >= 15 is 0 Å². The van der Waals surface area contributed by atoms with Crippen molar-refractivity contribution in [1.82, 2.24) is 0 Å². The summed E-state index contributed by atoms with van der Waals surface area (Å²) in [5.41, 5.74) is 0. The zero-order valence-corrected chi connectivity index (χ0v) is 6.82. The summed E-state index contributed by atoms with van der Waals surface area (Å²) in [5.74, 6) is 0. The minimum atomic E-state index is -1.22. The Morgan fingerprint density at radius 2 is 2.00 bits per heavy atom.